The maximum atomic E-state index is 9.00. The fourth-order valence-electron chi connectivity index (χ4n) is 0.241. The summed E-state index contributed by atoms with van der Waals surface area (Å²) in [6.45, 7) is 5.27. The van der Waals surface area contributed by atoms with Gasteiger partial charge in [-0.2, -0.15) is 0 Å². The topological polar surface area (TPSA) is 115 Å². The van der Waals surface area contributed by atoms with E-state index in [0.29, 0.717) is 0 Å². The first-order valence-electron chi connectivity index (χ1n) is 4.35. The maximum absolute atomic E-state index is 9.00. The fourth-order valence-corrected chi connectivity index (χ4v) is 0.241. The van der Waals surface area contributed by atoms with E-state index in [-0.39, 0.29) is 0 Å². The molecule has 0 saturated carbocycles. The van der Waals surface area contributed by atoms with Crippen LogP contribution >= 0.6 is 0 Å². The molecule has 0 fully saturated rings. The molecule has 0 spiro atoms. The van der Waals surface area contributed by atoms with Gasteiger partial charge in [-0.3, -0.25) is 9.59 Å². The predicted molar refractivity (Wildman–Crippen MR) is 57.8 cm³/mol. The van der Waals surface area contributed by atoms with Crippen molar-refractivity contribution in [2.45, 2.75) is 39.9 Å². The van der Waals surface area contributed by atoms with E-state index in [1.165, 1.54) is 0 Å². The SMILES string of the molecule is CC(=O)O.CC(=O)O.CC(O)C#CC(C)O. The van der Waals surface area contributed by atoms with Crippen molar-refractivity contribution in [3.05, 3.63) is 0 Å². The number of hydrogen-bond donors (Lipinski definition) is 4. The first-order chi connectivity index (χ1) is 7.09. The van der Waals surface area contributed by atoms with E-state index in [4.69, 9.17) is 30.0 Å². The quantitative estimate of drug-likeness (QED) is 0.436. The molecule has 0 aromatic carbocycles. The summed E-state index contributed by atoms with van der Waals surface area (Å²) >= 11 is 0. The lowest BCUT2D eigenvalue weighted by atomic mass is 10.3. The van der Waals surface area contributed by atoms with E-state index in [0.717, 1.165) is 13.8 Å². The summed E-state index contributed by atoms with van der Waals surface area (Å²) in [7, 11) is 0. The van der Waals surface area contributed by atoms with E-state index in [1.807, 2.05) is 0 Å². The van der Waals surface area contributed by atoms with Crippen LogP contribution in [0.4, 0.5) is 0 Å². The van der Waals surface area contributed by atoms with Crippen molar-refractivity contribution in [2.75, 3.05) is 0 Å². The third-order valence-electron chi connectivity index (χ3n) is 0.501. The highest BCUT2D eigenvalue weighted by atomic mass is 16.4. The van der Waals surface area contributed by atoms with Crippen molar-refractivity contribution in [1.29, 1.82) is 0 Å². The second kappa shape index (κ2) is 13.4. The summed E-state index contributed by atoms with van der Waals surface area (Å²) < 4.78 is 0. The Balaban J connectivity index is -0.000000179. The standard InChI is InChI=1S/C6H10O2.2C2H4O2/c1-5(7)3-4-6(2)8;2*1-2(3)4/h5-8H,1-2H3;2*1H3,(H,3,4). The molecule has 0 aliphatic carbocycles. The summed E-state index contributed by atoms with van der Waals surface area (Å²) in [5, 5.41) is 31.9. The molecule has 4 N–H and O–H groups in total. The number of hydrogen-bond acceptors (Lipinski definition) is 4. The van der Waals surface area contributed by atoms with Crippen LogP contribution in [-0.2, 0) is 9.59 Å². The molecule has 2 atom stereocenters. The molecule has 0 bridgehead atoms. The van der Waals surface area contributed by atoms with E-state index in [2.05, 4.69) is 11.8 Å². The first kappa shape index (κ1) is 19.9. The molecule has 16 heavy (non-hydrogen) atoms. The minimum atomic E-state index is -0.833. The third kappa shape index (κ3) is 138. The summed E-state index contributed by atoms with van der Waals surface area (Å²) in [5.74, 6) is 3.13. The molecule has 0 radical (unpaired) electrons. The average molecular weight is 234 g/mol. The lowest BCUT2D eigenvalue weighted by Gasteiger charge is -1.89. The summed E-state index contributed by atoms with van der Waals surface area (Å²) in [6.07, 6.45) is -1.27. The molecule has 6 heteroatoms. The van der Waals surface area contributed by atoms with Gasteiger partial charge in [0.25, 0.3) is 11.9 Å². The van der Waals surface area contributed by atoms with Crippen LogP contribution in [0.5, 0.6) is 0 Å². The zero-order chi connectivity index (χ0) is 13.7. The van der Waals surface area contributed by atoms with Gasteiger partial charge in [0.05, 0.1) is 0 Å². The fraction of sp³-hybridized carbons (Fsp3) is 0.600. The third-order valence-corrected chi connectivity index (χ3v) is 0.501. The molecule has 0 aliphatic rings. The summed E-state index contributed by atoms with van der Waals surface area (Å²) in [5.41, 5.74) is 0. The monoisotopic (exact) mass is 234 g/mol. The van der Waals surface area contributed by atoms with Crippen molar-refractivity contribution in [3.63, 3.8) is 0 Å². The number of aliphatic hydroxyl groups is 2. The van der Waals surface area contributed by atoms with Gasteiger partial charge >= 0.3 is 0 Å². The van der Waals surface area contributed by atoms with E-state index in [1.54, 1.807) is 13.8 Å². The molecule has 0 aromatic heterocycles. The summed E-state index contributed by atoms with van der Waals surface area (Å²) in [4.78, 5) is 18.0. The number of carboxylic acids is 2. The van der Waals surface area contributed by atoms with Gasteiger partial charge in [-0.1, -0.05) is 11.8 Å². The van der Waals surface area contributed by atoms with Gasteiger partial charge in [0.2, 0.25) is 0 Å². The Labute approximate surface area is 94.5 Å². The molecule has 0 saturated heterocycles. The minimum absolute atomic E-state index is 0.635. The number of rotatable bonds is 0. The van der Waals surface area contributed by atoms with E-state index < -0.39 is 24.1 Å². The molecule has 0 aliphatic heterocycles. The Bertz CT molecular complexity index is 214. The molecule has 0 heterocycles. The Hall–Kier alpha value is -1.58. The smallest absolute Gasteiger partial charge is 0.300 e. The number of aliphatic carboxylic acids is 2. The Kier molecular flexibility index (Phi) is 16.7. The van der Waals surface area contributed by atoms with Gasteiger partial charge in [-0.05, 0) is 13.8 Å². The molecule has 6 nitrogen and oxygen atoms in total. The van der Waals surface area contributed by atoms with Crippen LogP contribution in [0.15, 0.2) is 0 Å². The van der Waals surface area contributed by atoms with Crippen LogP contribution in [-0.4, -0.2) is 44.6 Å². The molecule has 0 amide bonds. The second-order valence-corrected chi connectivity index (χ2v) is 2.68. The lowest BCUT2D eigenvalue weighted by molar-refractivity contribution is -0.135. The molecular formula is C10H18O6. The van der Waals surface area contributed by atoms with Crippen LogP contribution in [0.2, 0.25) is 0 Å². The van der Waals surface area contributed by atoms with Crippen LogP contribution in [0.3, 0.4) is 0 Å². The number of carbonyl (C=O) groups is 2. The van der Waals surface area contributed by atoms with Gasteiger partial charge in [0, 0.05) is 13.8 Å². The van der Waals surface area contributed by atoms with Crippen molar-refractivity contribution in [1.82, 2.24) is 0 Å². The molecule has 94 valence electrons. The number of carboxylic acid groups (broad SMARTS) is 2. The highest BCUT2D eigenvalue weighted by Gasteiger charge is 1.85. The Morgan fingerprint density at radius 1 is 0.875 bits per heavy atom. The molecular weight excluding hydrogens is 216 g/mol. The normalized spacial score (nSPS) is 11.1. The molecule has 0 rings (SSSR count). The van der Waals surface area contributed by atoms with Crippen molar-refractivity contribution < 1.29 is 30.0 Å². The van der Waals surface area contributed by atoms with Gasteiger partial charge < -0.3 is 20.4 Å². The maximum Gasteiger partial charge on any atom is 0.300 e. The van der Waals surface area contributed by atoms with Crippen LogP contribution in [0.25, 0.3) is 0 Å². The van der Waals surface area contributed by atoms with Crippen molar-refractivity contribution in [2.24, 2.45) is 0 Å². The highest BCUT2D eigenvalue weighted by molar-refractivity contribution is 5.63. The predicted octanol–water partition coefficient (Wildman–Crippen LogP) is -0.0668. The van der Waals surface area contributed by atoms with Crippen LogP contribution in [0.1, 0.15) is 27.7 Å². The first-order valence-corrected chi connectivity index (χ1v) is 4.35. The second-order valence-electron chi connectivity index (χ2n) is 2.68. The zero-order valence-corrected chi connectivity index (χ0v) is 9.76. The lowest BCUT2D eigenvalue weighted by Crippen LogP contribution is -1.98. The number of aliphatic hydroxyl groups excluding tert-OH is 2. The summed E-state index contributed by atoms with van der Waals surface area (Å²) in [6, 6.07) is 0. The van der Waals surface area contributed by atoms with E-state index >= 15 is 0 Å². The van der Waals surface area contributed by atoms with Crippen LogP contribution in [0, 0.1) is 11.8 Å². The highest BCUT2D eigenvalue weighted by Crippen LogP contribution is 1.76. The van der Waals surface area contributed by atoms with Gasteiger partial charge in [-0.25, -0.2) is 0 Å². The molecule has 0 aromatic rings. The van der Waals surface area contributed by atoms with Crippen molar-refractivity contribution >= 4 is 11.9 Å². The van der Waals surface area contributed by atoms with Gasteiger partial charge in [0.1, 0.15) is 12.2 Å². The van der Waals surface area contributed by atoms with E-state index in [9.17, 15) is 0 Å². The average Bonchev–Trinajstić information content (AvgIpc) is 1.98. The Morgan fingerprint density at radius 3 is 1.06 bits per heavy atom. The Morgan fingerprint density at radius 2 is 1.00 bits per heavy atom. The minimum Gasteiger partial charge on any atom is -0.481 e. The zero-order valence-electron chi connectivity index (χ0n) is 9.76. The van der Waals surface area contributed by atoms with Crippen molar-refractivity contribution in [3.8, 4) is 11.8 Å². The van der Waals surface area contributed by atoms with Gasteiger partial charge in [0.15, 0.2) is 0 Å². The van der Waals surface area contributed by atoms with Crippen LogP contribution < -0.4 is 0 Å². The molecule has 2 unspecified atom stereocenters. The van der Waals surface area contributed by atoms with Gasteiger partial charge in [-0.15, -0.1) is 0 Å². The largest absolute Gasteiger partial charge is 0.481 e.